The molecule has 2 heterocycles. The van der Waals surface area contributed by atoms with Crippen LogP contribution < -0.4 is 5.56 Å². The van der Waals surface area contributed by atoms with Gasteiger partial charge in [0.05, 0.1) is 17.8 Å². The van der Waals surface area contributed by atoms with Crippen molar-refractivity contribution in [3.8, 4) is 5.69 Å². The number of benzene rings is 1. The summed E-state index contributed by atoms with van der Waals surface area (Å²) in [5.41, 5.74) is 1.60. The van der Waals surface area contributed by atoms with E-state index >= 15 is 0 Å². The molecule has 0 bridgehead atoms. The van der Waals surface area contributed by atoms with Crippen LogP contribution in [0.15, 0.2) is 71.0 Å². The molecule has 7 nitrogen and oxygen atoms in total. The van der Waals surface area contributed by atoms with E-state index in [1.54, 1.807) is 12.5 Å². The Balaban J connectivity index is 1.89. The molecule has 0 unspecified atom stereocenters. The summed E-state index contributed by atoms with van der Waals surface area (Å²) in [4.78, 5) is 16.2. The highest BCUT2D eigenvalue weighted by atomic mass is 32.2. The topological polar surface area (TPSA) is 77.2 Å². The number of sulfonamides is 1. The van der Waals surface area contributed by atoms with Gasteiger partial charge in [0, 0.05) is 44.4 Å². The fourth-order valence-corrected chi connectivity index (χ4v) is 3.30. The van der Waals surface area contributed by atoms with Gasteiger partial charge in [0.25, 0.3) is 5.56 Å². The molecule has 0 atom stereocenters. The first-order chi connectivity index (χ1) is 11.9. The fourth-order valence-electron chi connectivity index (χ4n) is 2.38. The minimum atomic E-state index is -3.58. The van der Waals surface area contributed by atoms with E-state index in [0.29, 0.717) is 6.54 Å². The summed E-state index contributed by atoms with van der Waals surface area (Å²) in [5.74, 6) is 0. The Morgan fingerprint density at radius 2 is 1.80 bits per heavy atom. The van der Waals surface area contributed by atoms with Crippen molar-refractivity contribution >= 4 is 10.0 Å². The second-order valence-corrected chi connectivity index (χ2v) is 7.91. The Hall–Kier alpha value is -2.71. The maximum absolute atomic E-state index is 12.2. The minimum Gasteiger partial charge on any atom is -0.310 e. The Bertz CT molecular complexity index is 1020. The monoisotopic (exact) mass is 358 g/mol. The van der Waals surface area contributed by atoms with Gasteiger partial charge in [-0.2, -0.15) is 0 Å². The summed E-state index contributed by atoms with van der Waals surface area (Å²) in [6.07, 6.45) is 6.62. The van der Waals surface area contributed by atoms with Gasteiger partial charge in [-0.1, -0.05) is 12.1 Å². The van der Waals surface area contributed by atoms with Gasteiger partial charge in [-0.05, 0) is 23.8 Å². The third kappa shape index (κ3) is 3.54. The normalized spacial score (nSPS) is 11.8. The first-order valence-electron chi connectivity index (χ1n) is 7.58. The summed E-state index contributed by atoms with van der Waals surface area (Å²) in [6, 6.07) is 10.2. The molecule has 1 aromatic carbocycles. The van der Waals surface area contributed by atoms with Crippen molar-refractivity contribution in [1.29, 1.82) is 0 Å². The molecule has 0 amide bonds. The Morgan fingerprint density at radius 3 is 2.40 bits per heavy atom. The second-order valence-electron chi connectivity index (χ2n) is 5.75. The third-order valence-corrected chi connectivity index (χ3v) is 5.63. The molecule has 0 aliphatic heterocycles. The van der Waals surface area contributed by atoms with Crippen LogP contribution in [-0.4, -0.2) is 40.9 Å². The SMILES string of the molecule is CN(C)S(=O)(=O)c1ccc(=O)n(Cc2ccc(-n3ccnc3)cc2)c1. The molecule has 0 fully saturated rings. The highest BCUT2D eigenvalue weighted by Crippen LogP contribution is 2.13. The third-order valence-electron chi connectivity index (χ3n) is 3.83. The van der Waals surface area contributed by atoms with Gasteiger partial charge in [0.15, 0.2) is 0 Å². The summed E-state index contributed by atoms with van der Waals surface area (Å²) in [7, 11) is -0.666. The second kappa shape index (κ2) is 6.66. The van der Waals surface area contributed by atoms with Gasteiger partial charge in [-0.15, -0.1) is 0 Å². The summed E-state index contributed by atoms with van der Waals surface area (Å²) in [5, 5.41) is 0. The lowest BCUT2D eigenvalue weighted by molar-refractivity contribution is 0.519. The summed E-state index contributed by atoms with van der Waals surface area (Å²) < 4.78 is 28.8. The molecule has 130 valence electrons. The molecule has 2 aromatic heterocycles. The van der Waals surface area contributed by atoms with Crippen LogP contribution in [0, 0.1) is 0 Å². The zero-order chi connectivity index (χ0) is 18.0. The van der Waals surface area contributed by atoms with E-state index in [1.165, 1.54) is 37.0 Å². The van der Waals surface area contributed by atoms with Crippen molar-refractivity contribution < 1.29 is 8.42 Å². The standard InChI is InChI=1S/C17H18N4O3S/c1-19(2)25(23,24)16-7-8-17(22)21(12-16)11-14-3-5-15(6-4-14)20-10-9-18-13-20/h3-10,12-13H,11H2,1-2H3. The molecule has 25 heavy (non-hydrogen) atoms. The lowest BCUT2D eigenvalue weighted by atomic mass is 10.2. The van der Waals surface area contributed by atoms with Crippen LogP contribution in [0.1, 0.15) is 5.56 Å². The number of hydrogen-bond acceptors (Lipinski definition) is 4. The number of nitrogens with zero attached hydrogens (tertiary/aromatic N) is 4. The van der Waals surface area contributed by atoms with Crippen LogP contribution in [0.2, 0.25) is 0 Å². The molecule has 3 aromatic rings. The number of imidazole rings is 1. The Kier molecular flexibility index (Phi) is 4.56. The Morgan fingerprint density at radius 1 is 1.08 bits per heavy atom. The lowest BCUT2D eigenvalue weighted by Gasteiger charge is -2.13. The van der Waals surface area contributed by atoms with Gasteiger partial charge in [0.2, 0.25) is 10.0 Å². The predicted octanol–water partition coefficient (Wildman–Crippen LogP) is 1.33. The van der Waals surface area contributed by atoms with Crippen molar-refractivity contribution in [2.24, 2.45) is 0 Å². The van der Waals surface area contributed by atoms with Gasteiger partial charge in [0.1, 0.15) is 0 Å². The zero-order valence-electron chi connectivity index (χ0n) is 13.9. The smallest absolute Gasteiger partial charge is 0.250 e. The van der Waals surface area contributed by atoms with E-state index in [-0.39, 0.29) is 10.5 Å². The molecule has 0 aliphatic rings. The van der Waals surface area contributed by atoms with E-state index in [4.69, 9.17) is 0 Å². The highest BCUT2D eigenvalue weighted by molar-refractivity contribution is 7.89. The first-order valence-corrected chi connectivity index (χ1v) is 9.02. The average molecular weight is 358 g/mol. The molecular formula is C17H18N4O3S. The van der Waals surface area contributed by atoms with Gasteiger partial charge in [-0.25, -0.2) is 17.7 Å². The molecule has 0 saturated heterocycles. The van der Waals surface area contributed by atoms with Crippen LogP contribution >= 0.6 is 0 Å². The van der Waals surface area contributed by atoms with Crippen molar-refractivity contribution in [2.45, 2.75) is 11.4 Å². The van der Waals surface area contributed by atoms with E-state index in [0.717, 1.165) is 15.6 Å². The lowest BCUT2D eigenvalue weighted by Crippen LogP contribution is -2.26. The number of pyridine rings is 1. The quantitative estimate of drug-likeness (QED) is 0.689. The van der Waals surface area contributed by atoms with Crippen molar-refractivity contribution in [2.75, 3.05) is 14.1 Å². The molecule has 0 saturated carbocycles. The molecule has 0 N–H and O–H groups in total. The predicted molar refractivity (Wildman–Crippen MR) is 94.2 cm³/mol. The van der Waals surface area contributed by atoms with Crippen LogP contribution in [0.25, 0.3) is 5.69 Å². The van der Waals surface area contributed by atoms with Crippen molar-refractivity contribution in [1.82, 2.24) is 18.4 Å². The number of rotatable bonds is 5. The van der Waals surface area contributed by atoms with Crippen LogP contribution in [0.5, 0.6) is 0 Å². The largest absolute Gasteiger partial charge is 0.310 e. The fraction of sp³-hybridized carbons (Fsp3) is 0.176. The number of hydrogen-bond donors (Lipinski definition) is 0. The van der Waals surface area contributed by atoms with E-state index < -0.39 is 10.0 Å². The van der Waals surface area contributed by atoms with E-state index in [9.17, 15) is 13.2 Å². The molecule has 8 heteroatoms. The maximum atomic E-state index is 12.2. The van der Waals surface area contributed by atoms with Crippen molar-refractivity contribution in [3.63, 3.8) is 0 Å². The molecule has 0 spiro atoms. The molecule has 0 aliphatic carbocycles. The summed E-state index contributed by atoms with van der Waals surface area (Å²) >= 11 is 0. The molecular weight excluding hydrogens is 340 g/mol. The minimum absolute atomic E-state index is 0.0899. The summed E-state index contributed by atoms with van der Waals surface area (Å²) in [6.45, 7) is 0.291. The van der Waals surface area contributed by atoms with Gasteiger partial charge < -0.3 is 9.13 Å². The van der Waals surface area contributed by atoms with Gasteiger partial charge >= 0.3 is 0 Å². The van der Waals surface area contributed by atoms with Crippen LogP contribution in [0.4, 0.5) is 0 Å². The van der Waals surface area contributed by atoms with Gasteiger partial charge in [-0.3, -0.25) is 4.79 Å². The highest BCUT2D eigenvalue weighted by Gasteiger charge is 2.18. The zero-order valence-corrected chi connectivity index (χ0v) is 14.7. The molecule has 3 rings (SSSR count). The average Bonchev–Trinajstić information content (AvgIpc) is 3.12. The Labute approximate surface area is 145 Å². The van der Waals surface area contributed by atoms with Crippen molar-refractivity contribution in [3.05, 3.63) is 77.2 Å². The number of aromatic nitrogens is 3. The van der Waals surface area contributed by atoms with E-state index in [1.807, 2.05) is 35.0 Å². The van der Waals surface area contributed by atoms with Crippen LogP contribution in [0.3, 0.4) is 0 Å². The van der Waals surface area contributed by atoms with Crippen LogP contribution in [-0.2, 0) is 16.6 Å². The van der Waals surface area contributed by atoms with E-state index in [2.05, 4.69) is 4.98 Å². The first kappa shape index (κ1) is 17.1. The maximum Gasteiger partial charge on any atom is 0.250 e. The molecule has 0 radical (unpaired) electrons.